The van der Waals surface area contributed by atoms with Crippen molar-refractivity contribution >= 4 is 34.3 Å². The molecule has 9 heteroatoms. The summed E-state index contributed by atoms with van der Waals surface area (Å²) in [5.74, 6) is -0.638. The lowest BCUT2D eigenvalue weighted by Gasteiger charge is -2.29. The molecule has 0 unspecified atom stereocenters. The molecular formula is C30H31N3O6. The van der Waals surface area contributed by atoms with Crippen LogP contribution in [0.1, 0.15) is 47.2 Å². The predicted octanol–water partition coefficient (Wildman–Crippen LogP) is 2.33. The first-order valence-electron chi connectivity index (χ1n) is 13.1. The first-order chi connectivity index (χ1) is 18.9. The van der Waals surface area contributed by atoms with E-state index in [1.165, 1.54) is 11.7 Å². The molecule has 202 valence electrons. The van der Waals surface area contributed by atoms with Gasteiger partial charge in [-0.3, -0.25) is 23.7 Å². The molecule has 2 amide bonds. The van der Waals surface area contributed by atoms with Crippen molar-refractivity contribution in [2.24, 2.45) is 0 Å². The molecule has 9 nitrogen and oxygen atoms in total. The summed E-state index contributed by atoms with van der Waals surface area (Å²) in [5.41, 5.74) is 2.20. The van der Waals surface area contributed by atoms with Crippen LogP contribution in [0, 0.1) is 0 Å². The van der Waals surface area contributed by atoms with Crippen LogP contribution in [-0.2, 0) is 27.3 Å². The van der Waals surface area contributed by atoms with Gasteiger partial charge in [-0.05, 0) is 37.3 Å². The van der Waals surface area contributed by atoms with Crippen LogP contribution in [0.3, 0.4) is 0 Å². The lowest BCUT2D eigenvalue weighted by atomic mass is 9.91. The third kappa shape index (κ3) is 5.22. The zero-order valence-corrected chi connectivity index (χ0v) is 21.7. The number of ketones is 1. The zero-order chi connectivity index (χ0) is 27.5. The molecule has 1 aromatic heterocycles. The minimum Gasteiger partial charge on any atom is -0.495 e. The monoisotopic (exact) mass is 529 g/mol. The Labute approximate surface area is 225 Å². The second kappa shape index (κ2) is 11.2. The maximum atomic E-state index is 13.8. The van der Waals surface area contributed by atoms with Crippen molar-refractivity contribution in [3.8, 4) is 0 Å². The molecule has 2 aliphatic rings. The summed E-state index contributed by atoms with van der Waals surface area (Å²) >= 11 is 0. The van der Waals surface area contributed by atoms with Crippen molar-refractivity contribution in [3.05, 3.63) is 87.2 Å². The highest BCUT2D eigenvalue weighted by Crippen LogP contribution is 2.36. The minimum atomic E-state index is -0.540. The van der Waals surface area contributed by atoms with Crippen LogP contribution < -0.4 is 16.2 Å². The number of rotatable bonds is 8. The van der Waals surface area contributed by atoms with E-state index in [2.05, 4.69) is 10.6 Å². The maximum absolute atomic E-state index is 13.8. The van der Waals surface area contributed by atoms with Gasteiger partial charge in [-0.25, -0.2) is 0 Å². The van der Waals surface area contributed by atoms with Crippen LogP contribution >= 0.6 is 0 Å². The number of pyridine rings is 1. The molecule has 0 aliphatic heterocycles. The van der Waals surface area contributed by atoms with Gasteiger partial charge in [0.25, 0.3) is 11.5 Å². The topological polar surface area (TPSA) is 127 Å². The van der Waals surface area contributed by atoms with Gasteiger partial charge in [-0.15, -0.1) is 0 Å². The van der Waals surface area contributed by atoms with Gasteiger partial charge in [0.2, 0.25) is 5.91 Å². The lowest BCUT2D eigenvalue weighted by molar-refractivity contribution is -0.125. The van der Waals surface area contributed by atoms with E-state index in [0.717, 1.165) is 10.9 Å². The summed E-state index contributed by atoms with van der Waals surface area (Å²) in [6.45, 7) is -0.673. The Morgan fingerprint density at radius 1 is 0.949 bits per heavy atom. The van der Waals surface area contributed by atoms with Gasteiger partial charge < -0.3 is 20.5 Å². The molecule has 0 radical (unpaired) electrons. The number of carbonyl (C=O) groups is 3. The van der Waals surface area contributed by atoms with E-state index in [-0.39, 0.29) is 48.1 Å². The largest absolute Gasteiger partial charge is 0.495 e. The van der Waals surface area contributed by atoms with E-state index in [4.69, 9.17) is 9.84 Å². The molecule has 2 aromatic carbocycles. The number of aliphatic hydroxyl groups excluding tert-OH is 1. The van der Waals surface area contributed by atoms with Crippen molar-refractivity contribution in [1.29, 1.82) is 0 Å². The molecular weight excluding hydrogens is 498 g/mol. The van der Waals surface area contributed by atoms with E-state index in [0.29, 0.717) is 47.9 Å². The molecule has 0 bridgehead atoms. The Morgan fingerprint density at radius 2 is 1.59 bits per heavy atom. The number of aromatic nitrogens is 1. The van der Waals surface area contributed by atoms with Crippen LogP contribution in [0.4, 0.5) is 0 Å². The average molecular weight is 530 g/mol. The second-order valence-electron chi connectivity index (χ2n) is 9.99. The van der Waals surface area contributed by atoms with Crippen LogP contribution in [0.2, 0.25) is 0 Å². The summed E-state index contributed by atoms with van der Waals surface area (Å²) < 4.78 is 7.12. The highest BCUT2D eigenvalue weighted by Gasteiger charge is 2.34. The van der Waals surface area contributed by atoms with Crippen LogP contribution in [0.25, 0.3) is 16.7 Å². The van der Waals surface area contributed by atoms with Crippen LogP contribution in [-0.4, -0.2) is 53.1 Å². The fraction of sp³-hybridized carbons (Fsp3) is 0.333. The van der Waals surface area contributed by atoms with E-state index < -0.39 is 12.5 Å². The Balaban J connectivity index is 1.42. The van der Waals surface area contributed by atoms with Gasteiger partial charge in [0, 0.05) is 29.5 Å². The number of carbonyl (C=O) groups excluding carboxylic acids is 3. The number of aliphatic hydroxyl groups is 1. The molecule has 3 N–H and O–H groups in total. The molecule has 39 heavy (non-hydrogen) atoms. The fourth-order valence-electron chi connectivity index (χ4n) is 5.65. The van der Waals surface area contributed by atoms with Gasteiger partial charge in [0.05, 0.1) is 30.3 Å². The number of Topliss-reactive ketones (excluding diaryl/α,β-unsaturated/α-hetero) is 1. The molecule has 5 rings (SSSR count). The summed E-state index contributed by atoms with van der Waals surface area (Å²) in [4.78, 5) is 51.8. The predicted molar refractivity (Wildman–Crippen MR) is 146 cm³/mol. The number of nitrogens with one attached hydrogen (secondary N) is 2. The third-order valence-corrected chi connectivity index (χ3v) is 7.58. The maximum Gasteiger partial charge on any atom is 0.262 e. The molecule has 0 saturated heterocycles. The third-order valence-electron chi connectivity index (χ3n) is 7.58. The molecule has 1 heterocycles. The van der Waals surface area contributed by atoms with E-state index in [1.807, 2.05) is 30.3 Å². The van der Waals surface area contributed by atoms with Crippen LogP contribution in [0.15, 0.2) is 65.0 Å². The zero-order valence-electron chi connectivity index (χ0n) is 21.7. The Hall–Kier alpha value is -4.24. The Kier molecular flexibility index (Phi) is 7.60. The SMILES string of the molecule is COC1=C(C(=O)NC2CCC(NC(=O)CO)CC2)Cc2c1c(=O)n(CC(=O)c1ccccc1)c1ccccc21. The number of hydrogen-bond donors (Lipinski definition) is 3. The molecule has 0 atom stereocenters. The quantitative estimate of drug-likeness (QED) is 0.385. The summed E-state index contributed by atoms with van der Waals surface area (Å²) in [7, 11) is 1.45. The summed E-state index contributed by atoms with van der Waals surface area (Å²) in [6, 6.07) is 16.1. The molecule has 3 aromatic rings. The first-order valence-corrected chi connectivity index (χ1v) is 13.1. The van der Waals surface area contributed by atoms with Crippen molar-refractivity contribution < 1.29 is 24.2 Å². The minimum absolute atomic E-state index is 0.0225. The average Bonchev–Trinajstić information content (AvgIpc) is 3.37. The molecule has 0 spiro atoms. The van der Waals surface area contributed by atoms with Gasteiger partial charge in [-0.1, -0.05) is 48.5 Å². The number of ether oxygens (including phenoxy) is 1. The number of fused-ring (bicyclic) bond motifs is 3. The first kappa shape index (κ1) is 26.4. The molecule has 1 saturated carbocycles. The number of hydrogen-bond acceptors (Lipinski definition) is 6. The summed E-state index contributed by atoms with van der Waals surface area (Å²) in [6.07, 6.45) is 3.00. The van der Waals surface area contributed by atoms with Crippen molar-refractivity contribution in [3.63, 3.8) is 0 Å². The molecule has 2 aliphatic carbocycles. The van der Waals surface area contributed by atoms with Crippen molar-refractivity contribution in [2.75, 3.05) is 13.7 Å². The Bertz CT molecular complexity index is 1520. The van der Waals surface area contributed by atoms with E-state index in [9.17, 15) is 19.2 Å². The lowest BCUT2D eigenvalue weighted by Crippen LogP contribution is -2.44. The Morgan fingerprint density at radius 3 is 2.26 bits per heavy atom. The summed E-state index contributed by atoms with van der Waals surface area (Å²) in [5, 5.41) is 15.6. The standard InChI is InChI=1S/C30H31N3O6/c1-39-28-23(29(37)32-20-13-11-19(12-14-20)31-26(36)17-34)15-22-21-9-5-6-10-24(21)33(30(38)27(22)28)16-25(35)18-7-3-2-4-8-18/h2-10,19-20,34H,11-17H2,1H3,(H,31,36)(H,32,37). The second-order valence-corrected chi connectivity index (χ2v) is 9.99. The van der Waals surface area contributed by atoms with Gasteiger partial charge in [-0.2, -0.15) is 0 Å². The highest BCUT2D eigenvalue weighted by molar-refractivity contribution is 6.05. The molecule has 1 fully saturated rings. The number of amides is 2. The normalized spacial score (nSPS) is 18.5. The van der Waals surface area contributed by atoms with Gasteiger partial charge in [0.1, 0.15) is 12.4 Å². The van der Waals surface area contributed by atoms with E-state index >= 15 is 0 Å². The van der Waals surface area contributed by atoms with Crippen molar-refractivity contribution in [2.45, 2.75) is 50.7 Å². The van der Waals surface area contributed by atoms with E-state index in [1.54, 1.807) is 24.3 Å². The van der Waals surface area contributed by atoms with Gasteiger partial charge >= 0.3 is 0 Å². The van der Waals surface area contributed by atoms with Crippen molar-refractivity contribution in [1.82, 2.24) is 15.2 Å². The smallest absolute Gasteiger partial charge is 0.262 e. The van der Waals surface area contributed by atoms with Gasteiger partial charge in [0.15, 0.2) is 5.78 Å². The number of benzene rings is 2. The number of para-hydroxylation sites is 1. The highest BCUT2D eigenvalue weighted by atomic mass is 16.5. The van der Waals surface area contributed by atoms with Crippen LogP contribution in [0.5, 0.6) is 0 Å². The fourth-order valence-corrected chi connectivity index (χ4v) is 5.65. The number of methoxy groups -OCH3 is 1. The number of nitrogens with zero attached hydrogens (tertiary/aromatic N) is 1.